The fourth-order valence-electron chi connectivity index (χ4n) is 1.89. The van der Waals surface area contributed by atoms with Crippen LogP contribution in [0.15, 0.2) is 28.7 Å². The molecule has 1 aromatic heterocycles. The van der Waals surface area contributed by atoms with E-state index in [9.17, 15) is 18.0 Å². The smallest absolute Gasteiger partial charge is 0.464 e. The van der Waals surface area contributed by atoms with E-state index < -0.39 is 12.3 Å². The molecule has 2 rings (SSSR count). The molecular weight excluding hydrogens is 315 g/mol. The van der Waals surface area contributed by atoms with Gasteiger partial charge in [0.15, 0.2) is 5.69 Å². The summed E-state index contributed by atoms with van der Waals surface area (Å²) in [5.74, 6) is -0.640. The molecule has 0 N–H and O–H groups in total. The van der Waals surface area contributed by atoms with E-state index in [1.807, 2.05) is 13.8 Å². The zero-order chi connectivity index (χ0) is 17.2. The van der Waals surface area contributed by atoms with Crippen molar-refractivity contribution in [2.75, 3.05) is 7.11 Å². The van der Waals surface area contributed by atoms with Crippen molar-refractivity contribution in [3.8, 4) is 17.2 Å². The van der Waals surface area contributed by atoms with Crippen LogP contribution in [-0.4, -0.2) is 24.4 Å². The van der Waals surface area contributed by atoms with Crippen LogP contribution in [0, 0.1) is 0 Å². The van der Waals surface area contributed by atoms with Gasteiger partial charge in [0.25, 0.3) is 0 Å². The van der Waals surface area contributed by atoms with Crippen LogP contribution in [0.25, 0.3) is 11.5 Å². The third-order valence-electron chi connectivity index (χ3n) is 2.89. The molecule has 0 saturated heterocycles. The second-order valence-corrected chi connectivity index (χ2v) is 4.95. The maximum atomic E-state index is 12.1. The molecule has 0 aliphatic carbocycles. The molecule has 0 amide bonds. The number of carbonyl (C=O) groups excluding carboxylic acids is 1. The molecule has 1 heterocycles. The Morgan fingerprint density at radius 1 is 1.22 bits per heavy atom. The average molecular weight is 329 g/mol. The average Bonchev–Trinajstić information content (AvgIpc) is 2.91. The number of ether oxygens (including phenoxy) is 2. The Balaban J connectivity index is 2.33. The Kier molecular flexibility index (Phi) is 4.63. The molecule has 1 aromatic carbocycles. The molecule has 23 heavy (non-hydrogen) atoms. The zero-order valence-corrected chi connectivity index (χ0v) is 12.6. The van der Waals surface area contributed by atoms with Crippen molar-refractivity contribution in [3.63, 3.8) is 0 Å². The topological polar surface area (TPSA) is 61.6 Å². The van der Waals surface area contributed by atoms with Crippen molar-refractivity contribution in [2.45, 2.75) is 26.1 Å². The molecule has 0 spiro atoms. The van der Waals surface area contributed by atoms with Crippen molar-refractivity contribution < 1.29 is 31.9 Å². The van der Waals surface area contributed by atoms with Crippen molar-refractivity contribution in [2.24, 2.45) is 0 Å². The first-order valence-corrected chi connectivity index (χ1v) is 6.66. The first-order chi connectivity index (χ1) is 10.7. The van der Waals surface area contributed by atoms with Crippen LogP contribution in [0.2, 0.25) is 0 Å². The minimum Gasteiger partial charge on any atom is -0.464 e. The fraction of sp³-hybridized carbons (Fsp3) is 0.333. The number of rotatable bonds is 4. The Morgan fingerprint density at radius 3 is 2.30 bits per heavy atom. The standard InChI is InChI=1S/C15H14F3NO4/c1-8(2)12-11(14(20)21-3)19-13(22-12)9-4-6-10(7-5-9)23-15(16,17)18/h4-8H,1-3H3. The third-order valence-corrected chi connectivity index (χ3v) is 2.89. The number of hydrogen-bond donors (Lipinski definition) is 0. The van der Waals surface area contributed by atoms with Crippen LogP contribution >= 0.6 is 0 Å². The molecule has 0 fully saturated rings. The number of carbonyl (C=O) groups is 1. The Labute approximate surface area is 130 Å². The van der Waals surface area contributed by atoms with Gasteiger partial charge in [-0.15, -0.1) is 13.2 Å². The third kappa shape index (κ3) is 4.02. The number of methoxy groups -OCH3 is 1. The van der Waals surface area contributed by atoms with Crippen LogP contribution in [0.3, 0.4) is 0 Å². The van der Waals surface area contributed by atoms with Crippen molar-refractivity contribution >= 4 is 5.97 Å². The lowest BCUT2D eigenvalue weighted by molar-refractivity contribution is -0.274. The van der Waals surface area contributed by atoms with Gasteiger partial charge in [0.05, 0.1) is 7.11 Å². The highest BCUT2D eigenvalue weighted by Gasteiger charge is 2.31. The molecule has 0 radical (unpaired) electrons. The highest BCUT2D eigenvalue weighted by molar-refractivity contribution is 5.89. The van der Waals surface area contributed by atoms with Crippen LogP contribution in [0.4, 0.5) is 13.2 Å². The molecule has 0 unspecified atom stereocenters. The monoisotopic (exact) mass is 329 g/mol. The van der Waals surface area contributed by atoms with Gasteiger partial charge in [-0.3, -0.25) is 0 Å². The van der Waals surface area contributed by atoms with Gasteiger partial charge in [0.1, 0.15) is 11.5 Å². The van der Waals surface area contributed by atoms with E-state index in [0.717, 1.165) is 12.1 Å². The summed E-state index contributed by atoms with van der Waals surface area (Å²) in [5.41, 5.74) is 0.463. The van der Waals surface area contributed by atoms with Crippen molar-refractivity contribution in [1.29, 1.82) is 0 Å². The van der Waals surface area contributed by atoms with E-state index in [2.05, 4.69) is 14.5 Å². The van der Waals surface area contributed by atoms with E-state index in [1.165, 1.54) is 19.2 Å². The number of aromatic nitrogens is 1. The van der Waals surface area contributed by atoms with Gasteiger partial charge in [-0.2, -0.15) is 0 Å². The predicted octanol–water partition coefficient (Wildman–Crippen LogP) is 4.15. The summed E-state index contributed by atoms with van der Waals surface area (Å²) >= 11 is 0. The second-order valence-electron chi connectivity index (χ2n) is 4.95. The van der Waals surface area contributed by atoms with Gasteiger partial charge in [-0.25, -0.2) is 9.78 Å². The molecule has 5 nitrogen and oxygen atoms in total. The summed E-state index contributed by atoms with van der Waals surface area (Å²) in [7, 11) is 1.23. The number of alkyl halides is 3. The summed E-state index contributed by atoms with van der Waals surface area (Å²) in [6, 6.07) is 5.00. The quantitative estimate of drug-likeness (QED) is 0.789. The lowest BCUT2D eigenvalue weighted by Gasteiger charge is -2.08. The normalized spacial score (nSPS) is 11.6. The Hall–Kier alpha value is -2.51. The highest BCUT2D eigenvalue weighted by Crippen LogP contribution is 2.30. The number of oxazole rings is 1. The van der Waals surface area contributed by atoms with Gasteiger partial charge in [-0.05, 0) is 24.3 Å². The molecule has 124 valence electrons. The molecule has 2 aromatic rings. The largest absolute Gasteiger partial charge is 0.573 e. The van der Waals surface area contributed by atoms with Gasteiger partial charge in [0, 0.05) is 11.5 Å². The van der Waals surface area contributed by atoms with Gasteiger partial charge < -0.3 is 13.9 Å². The van der Waals surface area contributed by atoms with Gasteiger partial charge in [-0.1, -0.05) is 13.8 Å². The fourth-order valence-corrected chi connectivity index (χ4v) is 1.89. The van der Waals surface area contributed by atoms with E-state index in [4.69, 9.17) is 4.42 Å². The minimum absolute atomic E-state index is 0.0492. The van der Waals surface area contributed by atoms with Gasteiger partial charge in [0.2, 0.25) is 5.89 Å². The summed E-state index contributed by atoms with van der Waals surface area (Å²) in [4.78, 5) is 15.8. The molecule has 8 heteroatoms. The summed E-state index contributed by atoms with van der Waals surface area (Å²) in [5, 5.41) is 0. The molecule has 0 atom stereocenters. The number of hydrogen-bond acceptors (Lipinski definition) is 5. The van der Waals surface area contributed by atoms with Crippen LogP contribution < -0.4 is 4.74 Å². The zero-order valence-electron chi connectivity index (χ0n) is 12.6. The van der Waals surface area contributed by atoms with Crippen LogP contribution in [0.1, 0.15) is 36.0 Å². The van der Waals surface area contributed by atoms with E-state index in [1.54, 1.807) is 0 Å². The molecular formula is C15H14F3NO4. The maximum Gasteiger partial charge on any atom is 0.573 e. The molecule has 0 aliphatic heterocycles. The number of halogens is 3. The lowest BCUT2D eigenvalue weighted by Crippen LogP contribution is -2.16. The summed E-state index contributed by atoms with van der Waals surface area (Å²) < 4.78 is 50.4. The molecule has 0 bridgehead atoms. The van der Waals surface area contributed by atoms with Crippen LogP contribution in [0.5, 0.6) is 5.75 Å². The number of nitrogens with zero attached hydrogens (tertiary/aromatic N) is 1. The van der Waals surface area contributed by atoms with E-state index >= 15 is 0 Å². The minimum atomic E-state index is -4.76. The lowest BCUT2D eigenvalue weighted by atomic mass is 10.1. The number of benzene rings is 1. The van der Waals surface area contributed by atoms with Crippen LogP contribution in [-0.2, 0) is 4.74 Å². The molecule has 0 saturated carbocycles. The Morgan fingerprint density at radius 2 is 1.83 bits per heavy atom. The predicted molar refractivity (Wildman–Crippen MR) is 74.1 cm³/mol. The van der Waals surface area contributed by atoms with Crippen molar-refractivity contribution in [3.05, 3.63) is 35.7 Å². The summed E-state index contributed by atoms with van der Waals surface area (Å²) in [6.45, 7) is 3.63. The van der Waals surface area contributed by atoms with E-state index in [0.29, 0.717) is 11.3 Å². The number of esters is 1. The van der Waals surface area contributed by atoms with Crippen molar-refractivity contribution in [1.82, 2.24) is 4.98 Å². The second kappa shape index (κ2) is 6.31. The SMILES string of the molecule is COC(=O)c1nc(-c2ccc(OC(F)(F)F)cc2)oc1C(C)C. The molecule has 0 aliphatic rings. The van der Waals surface area contributed by atoms with Gasteiger partial charge >= 0.3 is 12.3 Å². The highest BCUT2D eigenvalue weighted by atomic mass is 19.4. The van der Waals surface area contributed by atoms with E-state index in [-0.39, 0.29) is 23.3 Å². The Bertz CT molecular complexity index is 690. The summed E-state index contributed by atoms with van der Waals surface area (Å²) in [6.07, 6.45) is -4.76. The first-order valence-electron chi connectivity index (χ1n) is 6.66. The first kappa shape index (κ1) is 16.9. The maximum absolute atomic E-state index is 12.1.